The third-order valence-electron chi connectivity index (χ3n) is 8.14. The second-order valence-electron chi connectivity index (χ2n) is 10.2. The quantitative estimate of drug-likeness (QED) is 0.239. The first kappa shape index (κ1) is 20.7. The number of hydrogen-bond acceptors (Lipinski definition) is 2. The second-order valence-corrected chi connectivity index (χ2v) is 10.2. The van der Waals surface area contributed by atoms with E-state index >= 15 is 0 Å². The van der Waals surface area contributed by atoms with Crippen LogP contribution in [-0.2, 0) is 0 Å². The van der Waals surface area contributed by atoms with E-state index in [1.807, 2.05) is 6.07 Å². The summed E-state index contributed by atoms with van der Waals surface area (Å²) in [6.07, 6.45) is 0. The molecule has 0 saturated carbocycles. The van der Waals surface area contributed by atoms with Gasteiger partial charge in [0.15, 0.2) is 0 Å². The molecule has 0 spiro atoms. The van der Waals surface area contributed by atoms with E-state index in [1.165, 1.54) is 43.8 Å². The van der Waals surface area contributed by atoms with Gasteiger partial charge in [0.1, 0.15) is 0 Å². The molecule has 0 bridgehead atoms. The van der Waals surface area contributed by atoms with Crippen molar-refractivity contribution in [2.75, 3.05) is 0 Å². The van der Waals surface area contributed by atoms with E-state index in [1.54, 1.807) is 0 Å². The van der Waals surface area contributed by atoms with Crippen LogP contribution in [0, 0.1) is 0 Å². The summed E-state index contributed by atoms with van der Waals surface area (Å²) in [6.45, 7) is 0. The lowest BCUT2D eigenvalue weighted by molar-refractivity contribution is 1.01. The van der Waals surface area contributed by atoms with Gasteiger partial charge in [-0.2, -0.15) is 0 Å². The van der Waals surface area contributed by atoms with E-state index in [9.17, 15) is 0 Å². The molecule has 0 atom stereocenters. The number of para-hydroxylation sites is 2. The second kappa shape index (κ2) is 7.62. The Morgan fingerprint density at radius 1 is 0.487 bits per heavy atom. The van der Waals surface area contributed by atoms with Crippen LogP contribution < -0.4 is 0 Å². The Bertz CT molecular complexity index is 2270. The molecule has 6 aromatic carbocycles. The third-order valence-corrected chi connectivity index (χ3v) is 8.14. The number of hydrogen-bond donors (Lipinski definition) is 0. The highest BCUT2D eigenvalue weighted by Gasteiger charge is 2.27. The molecule has 2 aromatic heterocycles. The Balaban J connectivity index is 1.47. The zero-order valence-electron chi connectivity index (χ0n) is 21.0. The molecule has 9 rings (SSSR count). The normalized spacial score (nSPS) is 12.1. The summed E-state index contributed by atoms with van der Waals surface area (Å²) in [4.78, 5) is 10.5. The van der Waals surface area contributed by atoms with Crippen LogP contribution in [0.2, 0.25) is 0 Å². The van der Waals surface area contributed by atoms with Crippen molar-refractivity contribution in [3.63, 3.8) is 0 Å². The van der Waals surface area contributed by atoms with Gasteiger partial charge in [0.2, 0.25) is 5.95 Å². The van der Waals surface area contributed by atoms with Crippen molar-refractivity contribution in [2.24, 2.45) is 0 Å². The topological polar surface area (TPSA) is 30.7 Å². The summed E-state index contributed by atoms with van der Waals surface area (Å²) in [7, 11) is 0. The Morgan fingerprint density at radius 3 is 2.10 bits per heavy atom. The lowest BCUT2D eigenvalue weighted by Gasteiger charge is -2.13. The monoisotopic (exact) mass is 495 g/mol. The molecule has 39 heavy (non-hydrogen) atoms. The van der Waals surface area contributed by atoms with Gasteiger partial charge >= 0.3 is 0 Å². The molecular formula is C36H21N3. The van der Waals surface area contributed by atoms with Crippen LogP contribution in [0.3, 0.4) is 0 Å². The van der Waals surface area contributed by atoms with Gasteiger partial charge in [-0.05, 0) is 39.6 Å². The number of aromatic nitrogens is 3. The molecule has 0 N–H and O–H groups in total. The lowest BCUT2D eigenvalue weighted by atomic mass is 10.0. The molecule has 0 fully saturated rings. The highest BCUT2D eigenvalue weighted by molar-refractivity contribution is 6.24. The molecule has 3 heteroatoms. The minimum atomic E-state index is 0.690. The number of rotatable bonds is 2. The van der Waals surface area contributed by atoms with Crippen LogP contribution in [0.25, 0.3) is 82.9 Å². The number of nitrogens with zero attached hydrogens (tertiary/aromatic N) is 3. The molecule has 180 valence electrons. The first-order chi connectivity index (χ1) is 19.4. The zero-order chi connectivity index (χ0) is 25.5. The Morgan fingerprint density at radius 2 is 1.23 bits per heavy atom. The number of fused-ring (bicyclic) bond motifs is 8. The maximum atomic E-state index is 5.29. The van der Waals surface area contributed by atoms with E-state index in [0.29, 0.717) is 5.95 Å². The van der Waals surface area contributed by atoms with Crippen LogP contribution in [-0.4, -0.2) is 14.5 Å². The summed E-state index contributed by atoms with van der Waals surface area (Å²) in [5, 5.41) is 6.06. The Labute approximate surface area is 224 Å². The van der Waals surface area contributed by atoms with Gasteiger partial charge in [0, 0.05) is 27.3 Å². The van der Waals surface area contributed by atoms with Crippen molar-refractivity contribution in [3.05, 3.63) is 127 Å². The molecule has 2 heterocycles. The third kappa shape index (κ3) is 2.76. The lowest BCUT2D eigenvalue weighted by Crippen LogP contribution is -2.04. The molecule has 0 saturated heterocycles. The van der Waals surface area contributed by atoms with E-state index in [0.717, 1.165) is 33.2 Å². The highest BCUT2D eigenvalue weighted by Crippen LogP contribution is 2.51. The molecule has 0 aliphatic heterocycles. The van der Waals surface area contributed by atoms with E-state index in [4.69, 9.17) is 9.97 Å². The predicted molar refractivity (Wildman–Crippen MR) is 161 cm³/mol. The maximum absolute atomic E-state index is 5.29. The smallest absolute Gasteiger partial charge is 0.235 e. The molecular weight excluding hydrogens is 474 g/mol. The molecule has 0 unspecified atom stereocenters. The van der Waals surface area contributed by atoms with Crippen molar-refractivity contribution in [2.45, 2.75) is 0 Å². The maximum Gasteiger partial charge on any atom is 0.235 e. The van der Waals surface area contributed by atoms with Crippen molar-refractivity contribution >= 4 is 43.5 Å². The molecule has 0 amide bonds. The van der Waals surface area contributed by atoms with Crippen molar-refractivity contribution < 1.29 is 0 Å². The van der Waals surface area contributed by atoms with Gasteiger partial charge in [-0.3, -0.25) is 4.57 Å². The zero-order valence-corrected chi connectivity index (χ0v) is 21.0. The Kier molecular flexibility index (Phi) is 4.05. The van der Waals surface area contributed by atoms with Crippen LogP contribution in [0.1, 0.15) is 0 Å². The van der Waals surface area contributed by atoms with Crippen LogP contribution in [0.5, 0.6) is 0 Å². The minimum absolute atomic E-state index is 0.690. The molecule has 3 nitrogen and oxygen atoms in total. The molecule has 1 aliphatic carbocycles. The first-order valence-corrected chi connectivity index (χ1v) is 13.3. The fraction of sp³-hybridized carbons (Fsp3) is 0. The van der Waals surface area contributed by atoms with Crippen molar-refractivity contribution in [1.29, 1.82) is 0 Å². The largest absolute Gasteiger partial charge is 0.277 e. The molecule has 1 aliphatic rings. The fourth-order valence-electron chi connectivity index (χ4n) is 6.52. The average molecular weight is 496 g/mol. The number of benzene rings is 6. The van der Waals surface area contributed by atoms with E-state index < -0.39 is 0 Å². The fourth-order valence-corrected chi connectivity index (χ4v) is 6.52. The predicted octanol–water partition coefficient (Wildman–Crippen LogP) is 9.19. The summed E-state index contributed by atoms with van der Waals surface area (Å²) >= 11 is 0. The van der Waals surface area contributed by atoms with Gasteiger partial charge < -0.3 is 0 Å². The van der Waals surface area contributed by atoms with Gasteiger partial charge in [-0.15, -0.1) is 0 Å². The van der Waals surface area contributed by atoms with Gasteiger partial charge in [-0.1, -0.05) is 115 Å². The van der Waals surface area contributed by atoms with Crippen molar-refractivity contribution in [1.82, 2.24) is 14.5 Å². The van der Waals surface area contributed by atoms with Crippen LogP contribution >= 0.6 is 0 Å². The van der Waals surface area contributed by atoms with E-state index in [2.05, 4.69) is 126 Å². The minimum Gasteiger partial charge on any atom is -0.277 e. The summed E-state index contributed by atoms with van der Waals surface area (Å²) in [6, 6.07) is 45.2. The molecule has 0 radical (unpaired) electrons. The van der Waals surface area contributed by atoms with Crippen LogP contribution in [0.15, 0.2) is 127 Å². The molecule has 8 aromatic rings. The van der Waals surface area contributed by atoms with Gasteiger partial charge in [0.25, 0.3) is 0 Å². The standard InChI is InChI=1S/C36H21N3/c1-2-10-23(11-3-1)34-28-15-4-6-18-30(28)37-36(38-34)39-31-19-7-5-14-24(31)27-21-20-26-25-16-8-12-22-13-9-17-29(32(22)25)33(26)35(27)39/h1-21H. The van der Waals surface area contributed by atoms with Crippen LogP contribution in [0.4, 0.5) is 0 Å². The Hall–Kier alpha value is -5.28. The average Bonchev–Trinajstić information content (AvgIpc) is 3.51. The van der Waals surface area contributed by atoms with E-state index in [-0.39, 0.29) is 0 Å². The summed E-state index contributed by atoms with van der Waals surface area (Å²) < 4.78 is 2.28. The first-order valence-electron chi connectivity index (χ1n) is 13.3. The summed E-state index contributed by atoms with van der Waals surface area (Å²) in [5.74, 6) is 0.690. The van der Waals surface area contributed by atoms with Gasteiger partial charge in [-0.25, -0.2) is 9.97 Å². The summed E-state index contributed by atoms with van der Waals surface area (Å²) in [5.41, 5.74) is 10.3. The highest BCUT2D eigenvalue weighted by atomic mass is 15.2. The SMILES string of the molecule is c1ccc(-c2nc(-n3c4ccccc4c4ccc5c(c43)-c3cccc4cccc-5c34)nc3ccccc23)cc1. The van der Waals surface area contributed by atoms with Crippen molar-refractivity contribution in [3.8, 4) is 39.5 Å². The van der Waals surface area contributed by atoms with Gasteiger partial charge in [0.05, 0.1) is 22.2 Å².